The predicted octanol–water partition coefficient (Wildman–Crippen LogP) is 15.8. The number of rotatable bonds is 13. The van der Waals surface area contributed by atoms with Crippen LogP contribution in [0.15, 0.2) is 163 Å². The minimum atomic E-state index is -5.60. The van der Waals surface area contributed by atoms with E-state index in [-0.39, 0.29) is 0 Å². The summed E-state index contributed by atoms with van der Waals surface area (Å²) in [7, 11) is 2.65. The van der Waals surface area contributed by atoms with Crippen LogP contribution >= 0.6 is 0 Å². The molecule has 0 aromatic heterocycles. The molecule has 2 aliphatic rings. The van der Waals surface area contributed by atoms with Gasteiger partial charge >= 0.3 is 353 Å². The Labute approximate surface area is 351 Å². The third-order valence-corrected chi connectivity index (χ3v) is 46.3. The maximum atomic E-state index is 3.04. The zero-order chi connectivity index (χ0) is 40.9. The average molecular weight is 823 g/mol. The first kappa shape index (κ1) is 39.9. The van der Waals surface area contributed by atoms with Crippen LogP contribution in [0.1, 0.15) is 96.9 Å². The molecular formula is C57H62SiTi. The Kier molecular flexibility index (Phi) is 9.48. The van der Waals surface area contributed by atoms with Gasteiger partial charge in [-0.1, -0.05) is 0 Å². The van der Waals surface area contributed by atoms with E-state index in [1.807, 2.05) is 0 Å². The van der Waals surface area contributed by atoms with Crippen LogP contribution in [0.2, 0.25) is 14.7 Å². The summed E-state index contributed by atoms with van der Waals surface area (Å²) in [6.45, 7) is 9.80. The Hall–Kier alpha value is -4.53. The quantitative estimate of drug-likeness (QED) is 0.102. The van der Waals surface area contributed by atoms with E-state index in [2.05, 4.69) is 204 Å². The van der Waals surface area contributed by atoms with Gasteiger partial charge in [0.15, 0.2) is 0 Å². The van der Waals surface area contributed by atoms with Gasteiger partial charge in [0.05, 0.1) is 0 Å². The van der Waals surface area contributed by atoms with E-state index in [0.29, 0.717) is 8.45 Å². The molecule has 0 radical (unpaired) electrons. The normalized spacial score (nSPS) is 18.0. The van der Waals surface area contributed by atoms with E-state index in [9.17, 15) is 0 Å². The SMILES string of the molecule is CCC[CH2][Ti]([CH3])(=[SiH2])([CH2]CCC)([c]1ccccc1)([CH]1C(CC)=Cc2c(-c3cccc4ccccc34)cccc21)[CH]1C(CC)=Cc2c(-c3cccc4ccccc34)cccc21. The summed E-state index contributed by atoms with van der Waals surface area (Å²) in [6.07, 6.45) is 12.3. The van der Waals surface area contributed by atoms with Crippen LogP contribution in [0.25, 0.3) is 56.0 Å². The van der Waals surface area contributed by atoms with Crippen molar-refractivity contribution in [2.75, 3.05) is 0 Å². The first-order valence-corrected chi connectivity index (χ1v) is 33.1. The molecule has 0 bridgehead atoms. The van der Waals surface area contributed by atoms with E-state index in [1.54, 1.807) is 26.1 Å². The van der Waals surface area contributed by atoms with E-state index in [1.165, 1.54) is 90.1 Å². The molecule has 0 saturated heterocycles. The molecule has 0 spiro atoms. The molecule has 0 fully saturated rings. The van der Waals surface area contributed by atoms with Gasteiger partial charge in [0.25, 0.3) is 0 Å². The molecule has 9 rings (SSSR count). The monoisotopic (exact) mass is 822 g/mol. The molecular weight excluding hydrogens is 761 g/mol. The van der Waals surface area contributed by atoms with Crippen molar-refractivity contribution in [2.45, 2.75) is 89.3 Å². The molecule has 7 aromatic rings. The third kappa shape index (κ3) is 5.43. The van der Waals surface area contributed by atoms with Crippen LogP contribution in [0, 0.1) is 0 Å². The third-order valence-electron chi connectivity index (χ3n) is 16.8. The van der Waals surface area contributed by atoms with Crippen LogP contribution in [-0.4, -0.2) is 7.63 Å². The van der Waals surface area contributed by atoms with Crippen molar-refractivity contribution in [1.82, 2.24) is 0 Å². The molecule has 0 amide bonds. The van der Waals surface area contributed by atoms with Gasteiger partial charge in [0, 0.05) is 0 Å². The molecule has 2 aliphatic carbocycles. The Morgan fingerprint density at radius 3 is 1.27 bits per heavy atom. The summed E-state index contributed by atoms with van der Waals surface area (Å²) < 4.78 is 4.77. The molecule has 59 heavy (non-hydrogen) atoms. The summed E-state index contributed by atoms with van der Waals surface area (Å²) >= 11 is -5.60. The molecule has 2 atom stereocenters. The summed E-state index contributed by atoms with van der Waals surface area (Å²) in [5.74, 6) is 0. The second kappa shape index (κ2) is 14.0. The number of benzene rings is 7. The Morgan fingerprint density at radius 2 is 0.831 bits per heavy atom. The number of unbranched alkanes of at least 4 members (excludes halogenated alkanes) is 2. The standard InChI is InChI=1S/2C21H17.C6H5.2C4H9.CH3.H2Si.Ti/c2*1-2-15-13-17-9-6-12-20(21(17)14-15)19-11-5-8-16-7-3-4-10-18(16)19;1-2-4-6-5-3-1;2*1-3-4-2;;;/h2*3-14H,2H2,1H3;1-5H;2*1,3-4H2,2H3;1H3;1H2;. The number of allylic oxidation sites excluding steroid dienone is 2. The molecule has 0 aliphatic heterocycles. The van der Waals surface area contributed by atoms with Crippen molar-refractivity contribution in [2.24, 2.45) is 0 Å². The van der Waals surface area contributed by atoms with Crippen molar-refractivity contribution in [1.29, 1.82) is 0 Å². The predicted molar refractivity (Wildman–Crippen MR) is 261 cm³/mol. The van der Waals surface area contributed by atoms with E-state index in [4.69, 9.17) is 0 Å². The van der Waals surface area contributed by atoms with E-state index < -0.39 is 11.5 Å². The minimum absolute atomic E-state index is 0.300. The van der Waals surface area contributed by atoms with Gasteiger partial charge in [-0.2, -0.15) is 0 Å². The van der Waals surface area contributed by atoms with Gasteiger partial charge in [-0.3, -0.25) is 0 Å². The maximum absolute atomic E-state index is 5.60. The zero-order valence-corrected chi connectivity index (χ0v) is 39.1. The summed E-state index contributed by atoms with van der Waals surface area (Å²) in [4.78, 5) is 0. The molecule has 2 unspecified atom stereocenters. The molecule has 2 heteroatoms. The van der Waals surface area contributed by atoms with Gasteiger partial charge in [-0.25, -0.2) is 0 Å². The molecule has 0 nitrogen and oxygen atoms in total. The van der Waals surface area contributed by atoms with Gasteiger partial charge < -0.3 is 0 Å². The number of hydrogen-bond acceptors (Lipinski definition) is 0. The summed E-state index contributed by atoms with van der Waals surface area (Å²) in [6, 6.07) is 58.8. The van der Waals surface area contributed by atoms with E-state index in [0.717, 1.165) is 12.8 Å². The van der Waals surface area contributed by atoms with Crippen molar-refractivity contribution in [3.63, 3.8) is 0 Å². The Bertz CT molecular complexity index is 2790. The van der Waals surface area contributed by atoms with Gasteiger partial charge in [-0.05, 0) is 0 Å². The molecule has 0 N–H and O–H groups in total. The number of fused-ring (bicyclic) bond motifs is 4. The van der Waals surface area contributed by atoms with Crippen LogP contribution in [0.4, 0.5) is 0 Å². The van der Waals surface area contributed by atoms with Crippen LogP contribution < -0.4 is 3.87 Å². The molecule has 0 saturated carbocycles. The Morgan fingerprint density at radius 1 is 0.441 bits per heavy atom. The number of hydrogen-bond donors (Lipinski definition) is 0. The van der Waals surface area contributed by atoms with Gasteiger partial charge in [-0.15, -0.1) is 0 Å². The zero-order valence-electron chi connectivity index (χ0n) is 36.1. The van der Waals surface area contributed by atoms with Crippen LogP contribution in [0.5, 0.6) is 0 Å². The van der Waals surface area contributed by atoms with Crippen molar-refractivity contribution in [3.05, 3.63) is 185 Å². The molecule has 0 heterocycles. The first-order chi connectivity index (χ1) is 28.6. The second-order valence-corrected chi connectivity index (χ2v) is 51.4. The fourth-order valence-electron chi connectivity index (χ4n) is 14.2. The van der Waals surface area contributed by atoms with Crippen molar-refractivity contribution in [3.8, 4) is 22.3 Å². The van der Waals surface area contributed by atoms with Crippen molar-refractivity contribution >= 4 is 45.2 Å². The molecule has 7 aromatic carbocycles. The van der Waals surface area contributed by atoms with E-state index >= 15 is 0 Å². The molecule has 298 valence electrons. The van der Waals surface area contributed by atoms with Crippen LogP contribution in [0.3, 0.4) is 0 Å². The van der Waals surface area contributed by atoms with Gasteiger partial charge in [0.2, 0.25) is 0 Å². The fraction of sp³-hybridized carbons (Fsp3) is 0.263. The van der Waals surface area contributed by atoms with Crippen molar-refractivity contribution < 1.29 is 11.5 Å². The average Bonchev–Trinajstić information content (AvgIpc) is 3.90. The summed E-state index contributed by atoms with van der Waals surface area (Å²) in [5, 5.41) is 8.32. The first-order valence-electron chi connectivity index (χ1n) is 22.8. The Balaban J connectivity index is 1.45. The van der Waals surface area contributed by atoms with Crippen LogP contribution in [-0.2, 0) is 11.5 Å². The topological polar surface area (TPSA) is 0 Å². The fourth-order valence-corrected chi connectivity index (χ4v) is 44.6. The second-order valence-electron chi connectivity index (χ2n) is 20.1. The van der Waals surface area contributed by atoms with Gasteiger partial charge in [0.1, 0.15) is 0 Å². The summed E-state index contributed by atoms with van der Waals surface area (Å²) in [5.41, 5.74) is 14.8.